The quantitative estimate of drug-likeness (QED) is 0.713. The number of carbonyl (C=O) groups is 2. The van der Waals surface area contributed by atoms with Gasteiger partial charge in [0.1, 0.15) is 11.6 Å². The molecule has 0 aliphatic carbocycles. The van der Waals surface area contributed by atoms with Crippen molar-refractivity contribution in [1.82, 2.24) is 10.2 Å². The second-order valence-corrected chi connectivity index (χ2v) is 6.25. The highest BCUT2D eigenvalue weighted by Crippen LogP contribution is 2.18. The zero-order valence-corrected chi connectivity index (χ0v) is 13.2. The third kappa shape index (κ3) is 5.89. The molecule has 2 unspecified atom stereocenters. The van der Waals surface area contributed by atoms with E-state index in [4.69, 9.17) is 9.47 Å². The van der Waals surface area contributed by atoms with Crippen LogP contribution in [-0.2, 0) is 14.3 Å². The summed E-state index contributed by atoms with van der Waals surface area (Å²) in [6, 6.07) is -0.556. The van der Waals surface area contributed by atoms with Gasteiger partial charge in [-0.25, -0.2) is 4.79 Å². The molecule has 7 heteroatoms. The summed E-state index contributed by atoms with van der Waals surface area (Å²) < 4.78 is 9.94. The first kappa shape index (κ1) is 17.7. The standard InChI is InChI=1S/C14H26N2O5/c1-14(2,3)21-13(19)15-7-11(12(18)20-4)16-6-5-10(8-16)9-17/h10-11,17H,5-9H2,1-4H3,(H,15,19). The van der Waals surface area contributed by atoms with Crippen LogP contribution < -0.4 is 5.32 Å². The maximum absolute atomic E-state index is 11.9. The van der Waals surface area contributed by atoms with Crippen molar-refractivity contribution < 1.29 is 24.2 Å². The lowest BCUT2D eigenvalue weighted by Gasteiger charge is -2.26. The zero-order chi connectivity index (χ0) is 16.0. The average molecular weight is 302 g/mol. The highest BCUT2D eigenvalue weighted by Gasteiger charge is 2.33. The summed E-state index contributed by atoms with van der Waals surface area (Å²) in [6.07, 6.45) is 0.269. The number of nitrogens with zero attached hydrogens (tertiary/aromatic N) is 1. The summed E-state index contributed by atoms with van der Waals surface area (Å²) in [5, 5.41) is 11.8. The number of aliphatic hydroxyl groups excluding tert-OH is 1. The molecule has 1 aliphatic rings. The molecule has 7 nitrogen and oxygen atoms in total. The molecule has 1 saturated heterocycles. The van der Waals surface area contributed by atoms with E-state index in [-0.39, 0.29) is 19.1 Å². The van der Waals surface area contributed by atoms with E-state index in [9.17, 15) is 14.7 Å². The van der Waals surface area contributed by atoms with E-state index < -0.39 is 23.7 Å². The molecule has 0 aromatic heterocycles. The van der Waals surface area contributed by atoms with Crippen LogP contribution >= 0.6 is 0 Å². The summed E-state index contributed by atoms with van der Waals surface area (Å²) in [4.78, 5) is 25.5. The van der Waals surface area contributed by atoms with Gasteiger partial charge in [-0.2, -0.15) is 0 Å². The number of hydrogen-bond acceptors (Lipinski definition) is 6. The number of hydrogen-bond donors (Lipinski definition) is 2. The van der Waals surface area contributed by atoms with Crippen LogP contribution in [0.25, 0.3) is 0 Å². The molecule has 0 spiro atoms. The lowest BCUT2D eigenvalue weighted by molar-refractivity contribution is -0.146. The number of esters is 1. The lowest BCUT2D eigenvalue weighted by atomic mass is 10.1. The van der Waals surface area contributed by atoms with Gasteiger partial charge in [-0.15, -0.1) is 0 Å². The number of amides is 1. The normalized spacial score (nSPS) is 20.9. The molecular weight excluding hydrogens is 276 g/mol. The molecule has 1 rings (SSSR count). The molecule has 1 aliphatic heterocycles. The maximum atomic E-state index is 11.9. The van der Waals surface area contributed by atoms with Gasteiger partial charge in [-0.1, -0.05) is 0 Å². The average Bonchev–Trinajstić information content (AvgIpc) is 2.85. The van der Waals surface area contributed by atoms with Crippen LogP contribution in [0, 0.1) is 5.92 Å². The molecule has 2 N–H and O–H groups in total. The third-order valence-electron chi connectivity index (χ3n) is 3.33. The van der Waals surface area contributed by atoms with Crippen LogP contribution in [0.2, 0.25) is 0 Å². The van der Waals surface area contributed by atoms with Crippen LogP contribution in [0.4, 0.5) is 4.79 Å². The van der Waals surface area contributed by atoms with Crippen molar-refractivity contribution in [2.24, 2.45) is 5.92 Å². The number of rotatable bonds is 5. The predicted octanol–water partition coefficient (Wildman–Crippen LogP) is 0.367. The van der Waals surface area contributed by atoms with Crippen LogP contribution in [-0.4, -0.2) is 67.1 Å². The number of nitrogens with one attached hydrogen (secondary N) is 1. The Morgan fingerprint density at radius 2 is 2.10 bits per heavy atom. The summed E-state index contributed by atoms with van der Waals surface area (Å²) in [5.41, 5.74) is -0.583. The second-order valence-electron chi connectivity index (χ2n) is 6.25. The summed E-state index contributed by atoms with van der Waals surface area (Å²) in [5.74, 6) is -0.233. The van der Waals surface area contributed by atoms with Gasteiger partial charge in [0.15, 0.2) is 0 Å². The van der Waals surface area contributed by atoms with Crippen molar-refractivity contribution in [1.29, 1.82) is 0 Å². The molecular formula is C14H26N2O5. The first-order valence-electron chi connectivity index (χ1n) is 7.16. The number of likely N-dealkylation sites (tertiary alicyclic amines) is 1. The van der Waals surface area contributed by atoms with Crippen molar-refractivity contribution in [3.8, 4) is 0 Å². The number of alkyl carbamates (subject to hydrolysis) is 1. The monoisotopic (exact) mass is 302 g/mol. The molecule has 1 heterocycles. The van der Waals surface area contributed by atoms with Crippen molar-refractivity contribution in [2.75, 3.05) is 33.4 Å². The fourth-order valence-electron chi connectivity index (χ4n) is 2.29. The van der Waals surface area contributed by atoms with Gasteiger partial charge in [0.25, 0.3) is 0 Å². The minimum Gasteiger partial charge on any atom is -0.468 e. The van der Waals surface area contributed by atoms with E-state index in [0.29, 0.717) is 13.1 Å². The van der Waals surface area contributed by atoms with Crippen LogP contribution in [0.1, 0.15) is 27.2 Å². The first-order valence-corrected chi connectivity index (χ1v) is 7.16. The molecule has 1 amide bonds. The van der Waals surface area contributed by atoms with Crippen molar-refractivity contribution in [3.63, 3.8) is 0 Å². The van der Waals surface area contributed by atoms with E-state index in [2.05, 4.69) is 5.32 Å². The maximum Gasteiger partial charge on any atom is 0.407 e. The molecule has 0 bridgehead atoms. The van der Waals surface area contributed by atoms with Crippen LogP contribution in [0.3, 0.4) is 0 Å². The predicted molar refractivity (Wildman–Crippen MR) is 76.8 cm³/mol. The van der Waals surface area contributed by atoms with E-state index in [1.54, 1.807) is 20.8 Å². The van der Waals surface area contributed by atoms with Gasteiger partial charge in [0.05, 0.1) is 7.11 Å². The second kappa shape index (κ2) is 7.61. The molecule has 0 saturated carbocycles. The highest BCUT2D eigenvalue weighted by molar-refractivity contribution is 5.77. The number of aliphatic hydroxyl groups is 1. The van der Waals surface area contributed by atoms with E-state index in [1.165, 1.54) is 7.11 Å². The van der Waals surface area contributed by atoms with E-state index >= 15 is 0 Å². The van der Waals surface area contributed by atoms with Gasteiger partial charge in [-0.05, 0) is 39.7 Å². The molecule has 122 valence electrons. The number of methoxy groups -OCH3 is 1. The Balaban J connectivity index is 2.55. The first-order chi connectivity index (χ1) is 9.76. The summed E-state index contributed by atoms with van der Waals surface area (Å²) in [6.45, 7) is 6.86. The number of ether oxygens (including phenoxy) is 2. The van der Waals surface area contributed by atoms with E-state index in [1.807, 2.05) is 4.90 Å². The Kier molecular flexibility index (Phi) is 6.42. The largest absolute Gasteiger partial charge is 0.468 e. The smallest absolute Gasteiger partial charge is 0.407 e. The van der Waals surface area contributed by atoms with Gasteiger partial charge in [-0.3, -0.25) is 9.69 Å². The molecule has 0 aromatic carbocycles. The van der Waals surface area contributed by atoms with Crippen molar-refractivity contribution in [3.05, 3.63) is 0 Å². The van der Waals surface area contributed by atoms with Crippen molar-refractivity contribution in [2.45, 2.75) is 38.8 Å². The zero-order valence-electron chi connectivity index (χ0n) is 13.2. The van der Waals surface area contributed by atoms with Gasteiger partial charge in [0.2, 0.25) is 0 Å². The Bertz CT molecular complexity index is 367. The summed E-state index contributed by atoms with van der Waals surface area (Å²) in [7, 11) is 1.32. The van der Waals surface area contributed by atoms with E-state index in [0.717, 1.165) is 6.42 Å². The van der Waals surface area contributed by atoms with Crippen LogP contribution in [0.15, 0.2) is 0 Å². The van der Waals surface area contributed by atoms with Crippen molar-refractivity contribution >= 4 is 12.1 Å². The Morgan fingerprint density at radius 3 is 2.57 bits per heavy atom. The topological polar surface area (TPSA) is 88.1 Å². The van der Waals surface area contributed by atoms with Gasteiger partial charge in [0, 0.05) is 19.7 Å². The molecule has 1 fully saturated rings. The molecule has 2 atom stereocenters. The lowest BCUT2D eigenvalue weighted by Crippen LogP contribution is -2.49. The minimum atomic E-state index is -0.583. The fraction of sp³-hybridized carbons (Fsp3) is 0.857. The Hall–Kier alpha value is -1.34. The van der Waals surface area contributed by atoms with Gasteiger partial charge < -0.3 is 19.9 Å². The third-order valence-corrected chi connectivity index (χ3v) is 3.33. The molecule has 0 aromatic rings. The Labute approximate surface area is 125 Å². The SMILES string of the molecule is COC(=O)C(CNC(=O)OC(C)(C)C)N1CCC(CO)C1. The minimum absolute atomic E-state index is 0.101. The summed E-state index contributed by atoms with van der Waals surface area (Å²) >= 11 is 0. The number of carbonyl (C=O) groups excluding carboxylic acids is 2. The highest BCUT2D eigenvalue weighted by atomic mass is 16.6. The van der Waals surface area contributed by atoms with Gasteiger partial charge >= 0.3 is 12.1 Å². The molecule has 21 heavy (non-hydrogen) atoms. The van der Waals surface area contributed by atoms with Crippen LogP contribution in [0.5, 0.6) is 0 Å². The Morgan fingerprint density at radius 1 is 1.43 bits per heavy atom. The fourth-order valence-corrected chi connectivity index (χ4v) is 2.29. The molecule has 0 radical (unpaired) electrons.